The Morgan fingerprint density at radius 3 is 2.50 bits per heavy atom. The van der Waals surface area contributed by atoms with Gasteiger partial charge in [0, 0.05) is 6.54 Å². The van der Waals surface area contributed by atoms with Gasteiger partial charge in [-0.05, 0) is 37.8 Å². The molecule has 0 aliphatic heterocycles. The summed E-state index contributed by atoms with van der Waals surface area (Å²) in [4.78, 5) is 0. The summed E-state index contributed by atoms with van der Waals surface area (Å²) in [5.41, 5.74) is 1.36. The molecule has 0 aromatic heterocycles. The number of aliphatic hydroxyl groups is 1. The van der Waals surface area contributed by atoms with Crippen molar-refractivity contribution in [1.29, 1.82) is 0 Å². The molecule has 1 atom stereocenters. The third-order valence-electron chi connectivity index (χ3n) is 3.68. The summed E-state index contributed by atoms with van der Waals surface area (Å²) in [6.07, 6.45) is 9.35. The first-order valence-electron chi connectivity index (χ1n) is 8.25. The van der Waals surface area contributed by atoms with E-state index in [0.717, 1.165) is 32.4 Å². The van der Waals surface area contributed by atoms with Crippen molar-refractivity contribution in [2.45, 2.75) is 64.4 Å². The Hall–Kier alpha value is -0.860. The van der Waals surface area contributed by atoms with Crippen molar-refractivity contribution in [3.8, 4) is 0 Å². The normalized spacial score (nSPS) is 12.5. The molecule has 0 radical (unpaired) electrons. The average molecular weight is 277 g/mol. The van der Waals surface area contributed by atoms with E-state index in [2.05, 4.69) is 36.5 Å². The molecule has 1 unspecified atom stereocenters. The lowest BCUT2D eigenvalue weighted by molar-refractivity contribution is 0.159. The van der Waals surface area contributed by atoms with Crippen LogP contribution in [0, 0.1) is 0 Å². The zero-order chi connectivity index (χ0) is 14.5. The van der Waals surface area contributed by atoms with Gasteiger partial charge in [-0.25, -0.2) is 0 Å². The fourth-order valence-corrected chi connectivity index (χ4v) is 2.41. The number of benzene rings is 1. The molecule has 114 valence electrons. The van der Waals surface area contributed by atoms with Gasteiger partial charge >= 0.3 is 0 Å². The number of unbranched alkanes of at least 4 members (excludes halogenated alkanes) is 4. The summed E-state index contributed by atoms with van der Waals surface area (Å²) in [6.45, 7) is 4.02. The molecule has 0 spiro atoms. The van der Waals surface area contributed by atoms with Crippen LogP contribution in [-0.4, -0.2) is 24.3 Å². The number of hydrogen-bond acceptors (Lipinski definition) is 2. The van der Waals surface area contributed by atoms with Crippen molar-refractivity contribution < 1.29 is 5.11 Å². The van der Waals surface area contributed by atoms with E-state index in [9.17, 15) is 5.11 Å². The maximum Gasteiger partial charge on any atom is 0.0664 e. The van der Waals surface area contributed by atoms with Crippen molar-refractivity contribution in [2.24, 2.45) is 0 Å². The number of nitrogens with one attached hydrogen (secondary N) is 1. The fraction of sp³-hybridized carbons (Fsp3) is 0.667. The highest BCUT2D eigenvalue weighted by Gasteiger charge is 2.03. The van der Waals surface area contributed by atoms with Gasteiger partial charge in [0.25, 0.3) is 0 Å². The minimum atomic E-state index is -0.200. The minimum Gasteiger partial charge on any atom is -0.392 e. The maximum atomic E-state index is 9.91. The Morgan fingerprint density at radius 2 is 1.75 bits per heavy atom. The van der Waals surface area contributed by atoms with Crippen molar-refractivity contribution in [3.63, 3.8) is 0 Å². The summed E-state index contributed by atoms with van der Waals surface area (Å²) >= 11 is 0. The lowest BCUT2D eigenvalue weighted by Gasteiger charge is -2.11. The summed E-state index contributed by atoms with van der Waals surface area (Å²) in [5.74, 6) is 0. The van der Waals surface area contributed by atoms with Crippen molar-refractivity contribution >= 4 is 0 Å². The number of hydrogen-bond donors (Lipinski definition) is 2. The molecule has 0 heterocycles. The predicted molar refractivity (Wildman–Crippen MR) is 87.0 cm³/mol. The first-order chi connectivity index (χ1) is 9.83. The molecule has 0 saturated heterocycles. The molecule has 2 heteroatoms. The largest absolute Gasteiger partial charge is 0.392 e. The van der Waals surface area contributed by atoms with Gasteiger partial charge in [-0.15, -0.1) is 0 Å². The smallest absolute Gasteiger partial charge is 0.0664 e. The summed E-state index contributed by atoms with van der Waals surface area (Å²) in [7, 11) is 0. The molecule has 1 aromatic carbocycles. The van der Waals surface area contributed by atoms with Crippen LogP contribution in [0.1, 0.15) is 57.4 Å². The van der Waals surface area contributed by atoms with E-state index in [1.807, 2.05) is 6.07 Å². The van der Waals surface area contributed by atoms with Gasteiger partial charge in [0.2, 0.25) is 0 Å². The van der Waals surface area contributed by atoms with Gasteiger partial charge in [-0.3, -0.25) is 0 Å². The second kappa shape index (κ2) is 11.9. The Kier molecular flexibility index (Phi) is 10.3. The van der Waals surface area contributed by atoms with Crippen LogP contribution >= 0.6 is 0 Å². The highest BCUT2D eigenvalue weighted by molar-refractivity contribution is 5.14. The lowest BCUT2D eigenvalue weighted by Crippen LogP contribution is -2.27. The molecule has 2 N–H and O–H groups in total. The average Bonchev–Trinajstić information content (AvgIpc) is 2.47. The Bertz CT molecular complexity index is 312. The summed E-state index contributed by atoms with van der Waals surface area (Å²) in [6, 6.07) is 10.5. The molecule has 0 amide bonds. The van der Waals surface area contributed by atoms with Crippen LogP contribution in [0.25, 0.3) is 0 Å². The van der Waals surface area contributed by atoms with Gasteiger partial charge in [-0.2, -0.15) is 0 Å². The molecule has 0 aliphatic rings. The fourth-order valence-electron chi connectivity index (χ4n) is 2.41. The minimum absolute atomic E-state index is 0.200. The van der Waals surface area contributed by atoms with E-state index in [1.54, 1.807) is 0 Å². The highest BCUT2D eigenvalue weighted by atomic mass is 16.3. The van der Waals surface area contributed by atoms with Crippen LogP contribution in [0.2, 0.25) is 0 Å². The van der Waals surface area contributed by atoms with E-state index in [0.29, 0.717) is 0 Å². The van der Waals surface area contributed by atoms with Gasteiger partial charge < -0.3 is 10.4 Å². The third-order valence-corrected chi connectivity index (χ3v) is 3.68. The molecule has 2 nitrogen and oxygen atoms in total. The number of aryl methyl sites for hydroxylation is 1. The topological polar surface area (TPSA) is 32.3 Å². The first-order valence-corrected chi connectivity index (χ1v) is 8.25. The van der Waals surface area contributed by atoms with E-state index >= 15 is 0 Å². The number of aliphatic hydroxyl groups excluding tert-OH is 1. The standard InChI is InChI=1S/C18H31NO/c1-2-3-4-5-9-15-19-16-18(20)14-10-13-17-11-7-6-8-12-17/h6-8,11-12,18-20H,2-5,9-10,13-16H2,1H3. The monoisotopic (exact) mass is 277 g/mol. The van der Waals surface area contributed by atoms with Crippen molar-refractivity contribution in [2.75, 3.05) is 13.1 Å². The zero-order valence-electron chi connectivity index (χ0n) is 13.0. The summed E-state index contributed by atoms with van der Waals surface area (Å²) < 4.78 is 0. The molecule has 0 fully saturated rings. The predicted octanol–water partition coefficient (Wildman–Crippen LogP) is 3.93. The summed E-state index contributed by atoms with van der Waals surface area (Å²) in [5, 5.41) is 13.3. The van der Waals surface area contributed by atoms with Crippen molar-refractivity contribution in [3.05, 3.63) is 35.9 Å². The Labute approximate surface area is 124 Å². The van der Waals surface area contributed by atoms with E-state index < -0.39 is 0 Å². The second-order valence-corrected chi connectivity index (χ2v) is 5.65. The van der Waals surface area contributed by atoms with Crippen molar-refractivity contribution in [1.82, 2.24) is 5.32 Å². The molecule has 1 aromatic rings. The molecule has 0 saturated carbocycles. The first kappa shape index (κ1) is 17.2. The Balaban J connectivity index is 1.91. The molecule has 0 bridgehead atoms. The van der Waals surface area contributed by atoms with Crippen LogP contribution in [0.4, 0.5) is 0 Å². The molecule has 1 rings (SSSR count). The van der Waals surface area contributed by atoms with E-state index in [1.165, 1.54) is 37.7 Å². The molecule has 0 aliphatic carbocycles. The van der Waals surface area contributed by atoms with E-state index in [-0.39, 0.29) is 6.10 Å². The molecular formula is C18H31NO. The second-order valence-electron chi connectivity index (χ2n) is 5.65. The van der Waals surface area contributed by atoms with E-state index in [4.69, 9.17) is 0 Å². The maximum absolute atomic E-state index is 9.91. The van der Waals surface area contributed by atoms with Crippen LogP contribution in [0.5, 0.6) is 0 Å². The van der Waals surface area contributed by atoms with Gasteiger partial charge in [0.05, 0.1) is 6.10 Å². The Morgan fingerprint density at radius 1 is 1.00 bits per heavy atom. The zero-order valence-corrected chi connectivity index (χ0v) is 13.0. The van der Waals surface area contributed by atoms with Crippen LogP contribution in [0.15, 0.2) is 30.3 Å². The van der Waals surface area contributed by atoms with Gasteiger partial charge in [-0.1, -0.05) is 62.9 Å². The third kappa shape index (κ3) is 9.11. The SMILES string of the molecule is CCCCCCCNCC(O)CCCc1ccccc1. The van der Waals surface area contributed by atoms with Gasteiger partial charge in [0.15, 0.2) is 0 Å². The molecule has 20 heavy (non-hydrogen) atoms. The van der Waals surface area contributed by atoms with Gasteiger partial charge in [0.1, 0.15) is 0 Å². The van der Waals surface area contributed by atoms with Crippen LogP contribution < -0.4 is 5.32 Å². The van der Waals surface area contributed by atoms with Crippen LogP contribution in [-0.2, 0) is 6.42 Å². The quantitative estimate of drug-likeness (QED) is 0.567. The number of rotatable bonds is 12. The van der Waals surface area contributed by atoms with Crippen LogP contribution in [0.3, 0.4) is 0 Å². The lowest BCUT2D eigenvalue weighted by atomic mass is 10.1. The molecular weight excluding hydrogens is 246 g/mol. The highest BCUT2D eigenvalue weighted by Crippen LogP contribution is 2.06.